The number of thiazole rings is 1. The van der Waals surface area contributed by atoms with Crippen LogP contribution >= 0.6 is 11.3 Å². The van der Waals surface area contributed by atoms with Crippen LogP contribution in [0.25, 0.3) is 0 Å². The van der Waals surface area contributed by atoms with Gasteiger partial charge < -0.3 is 21.5 Å². The first-order chi connectivity index (χ1) is 15.6. The number of nitrogens with two attached hydrogens (primary N) is 1. The summed E-state index contributed by atoms with van der Waals surface area (Å²) in [6.07, 6.45) is 7.38. The Labute approximate surface area is 191 Å². The van der Waals surface area contributed by atoms with Gasteiger partial charge in [0.25, 0.3) is 0 Å². The second-order valence-corrected chi connectivity index (χ2v) is 9.74. The van der Waals surface area contributed by atoms with Gasteiger partial charge in [-0.15, -0.1) is 11.3 Å². The molecule has 5 N–H and O–H groups in total. The predicted molar refractivity (Wildman–Crippen MR) is 126 cm³/mol. The van der Waals surface area contributed by atoms with Gasteiger partial charge in [-0.2, -0.15) is 0 Å². The number of nitrogens with one attached hydrogen (secondary N) is 2. The van der Waals surface area contributed by atoms with E-state index in [-0.39, 0.29) is 17.9 Å². The van der Waals surface area contributed by atoms with E-state index < -0.39 is 6.10 Å². The molecule has 3 heterocycles. The second kappa shape index (κ2) is 8.97. The van der Waals surface area contributed by atoms with Gasteiger partial charge in [0.05, 0.1) is 17.7 Å². The highest BCUT2D eigenvalue weighted by Gasteiger charge is 2.32. The highest BCUT2D eigenvalue weighted by Crippen LogP contribution is 2.38. The molecule has 2 aromatic heterocycles. The van der Waals surface area contributed by atoms with Crippen molar-refractivity contribution >= 4 is 28.1 Å². The Morgan fingerprint density at radius 1 is 1.25 bits per heavy atom. The van der Waals surface area contributed by atoms with Crippen molar-refractivity contribution in [3.05, 3.63) is 70.5 Å². The summed E-state index contributed by atoms with van der Waals surface area (Å²) in [5.41, 5.74) is 9.48. The van der Waals surface area contributed by atoms with Crippen molar-refractivity contribution in [1.29, 1.82) is 0 Å². The van der Waals surface area contributed by atoms with Crippen LogP contribution < -0.4 is 16.4 Å². The molecule has 1 aromatic carbocycles. The highest BCUT2D eigenvalue weighted by molar-refractivity contribution is 7.15. The molecule has 1 amide bonds. The number of carbonyl (C=O) groups excluding carboxylic acids is 1. The Balaban J connectivity index is 1.15. The molecule has 3 aromatic rings. The molecule has 0 spiro atoms. The van der Waals surface area contributed by atoms with Crippen molar-refractivity contribution in [3.8, 4) is 0 Å². The van der Waals surface area contributed by atoms with Crippen LogP contribution in [0.2, 0.25) is 0 Å². The quantitative estimate of drug-likeness (QED) is 0.460. The van der Waals surface area contributed by atoms with E-state index in [1.807, 2.05) is 24.3 Å². The number of amides is 1. The number of aryl methyl sites for hydroxylation is 1. The molecule has 7 nitrogen and oxygen atoms in total. The molecular formula is C24H27N5O2S. The molecule has 0 bridgehead atoms. The number of hydrogen-bond donors (Lipinski definition) is 4. The summed E-state index contributed by atoms with van der Waals surface area (Å²) in [6.45, 7) is 0. The Morgan fingerprint density at radius 3 is 2.88 bits per heavy atom. The lowest BCUT2D eigenvalue weighted by Crippen LogP contribution is -2.35. The number of anilines is 2. The first-order valence-corrected chi connectivity index (χ1v) is 11.9. The number of aromatic nitrogens is 2. The normalized spacial score (nSPS) is 23.1. The topological polar surface area (TPSA) is 113 Å². The third kappa shape index (κ3) is 4.39. The summed E-state index contributed by atoms with van der Waals surface area (Å²) in [4.78, 5) is 22.3. The van der Waals surface area contributed by atoms with Crippen LogP contribution in [0, 0.1) is 0 Å². The fraction of sp³-hybridized carbons (Fsp3) is 0.375. The predicted octanol–water partition coefficient (Wildman–Crippen LogP) is 3.19. The standard InChI is InChI=1S/C24H27N5O2S/c25-24-29-21-18(8-10-20(21)32-24)23(31)28-16-5-3-14(4-6-16)12-17-7-9-19(27-17)22(30)15-2-1-11-26-13-15/h1-6,11,13,17-19,22,27,30H,7-10,12H2,(H2,25,29)(H,28,31)/t17-,18+,19+,22+/m0/s1. The first kappa shape index (κ1) is 21.1. The number of pyridine rings is 1. The molecule has 0 saturated carbocycles. The molecule has 5 rings (SSSR count). The van der Waals surface area contributed by atoms with Crippen LogP contribution in [-0.2, 0) is 17.6 Å². The van der Waals surface area contributed by atoms with Crippen molar-refractivity contribution in [1.82, 2.24) is 15.3 Å². The Kier molecular flexibility index (Phi) is 5.91. The molecule has 1 fully saturated rings. The molecule has 1 aliphatic heterocycles. The van der Waals surface area contributed by atoms with E-state index in [1.165, 1.54) is 16.9 Å². The van der Waals surface area contributed by atoms with Crippen molar-refractivity contribution in [2.75, 3.05) is 11.1 Å². The maximum absolute atomic E-state index is 12.7. The second-order valence-electron chi connectivity index (χ2n) is 8.62. The van der Waals surface area contributed by atoms with Crippen molar-refractivity contribution < 1.29 is 9.90 Å². The van der Waals surface area contributed by atoms with Crippen LogP contribution in [0.3, 0.4) is 0 Å². The van der Waals surface area contributed by atoms with Crippen LogP contribution in [-0.4, -0.2) is 33.1 Å². The number of nitrogen functional groups attached to an aromatic ring is 1. The van der Waals surface area contributed by atoms with E-state index in [0.717, 1.165) is 53.9 Å². The van der Waals surface area contributed by atoms with E-state index >= 15 is 0 Å². The van der Waals surface area contributed by atoms with Gasteiger partial charge in [0.1, 0.15) is 0 Å². The van der Waals surface area contributed by atoms with Crippen LogP contribution in [0.1, 0.15) is 53.0 Å². The fourth-order valence-corrected chi connectivity index (χ4v) is 5.69. The van der Waals surface area contributed by atoms with Crippen molar-refractivity contribution in [3.63, 3.8) is 0 Å². The molecule has 166 valence electrons. The molecule has 0 radical (unpaired) electrons. The molecule has 2 aliphatic rings. The summed E-state index contributed by atoms with van der Waals surface area (Å²) in [7, 11) is 0. The lowest BCUT2D eigenvalue weighted by Gasteiger charge is -2.20. The van der Waals surface area contributed by atoms with Gasteiger partial charge in [-0.3, -0.25) is 9.78 Å². The molecule has 0 unspecified atom stereocenters. The number of carbonyl (C=O) groups is 1. The lowest BCUT2D eigenvalue weighted by molar-refractivity contribution is -0.117. The molecule has 1 aliphatic carbocycles. The Hall–Kier alpha value is -2.81. The summed E-state index contributed by atoms with van der Waals surface area (Å²) in [6, 6.07) is 12.1. The van der Waals surface area contributed by atoms with E-state index in [1.54, 1.807) is 12.4 Å². The van der Waals surface area contributed by atoms with E-state index in [2.05, 4.69) is 32.7 Å². The molecule has 32 heavy (non-hydrogen) atoms. The lowest BCUT2D eigenvalue weighted by atomic mass is 10.0. The Bertz CT molecular complexity index is 1090. The minimum atomic E-state index is -0.546. The maximum atomic E-state index is 12.7. The largest absolute Gasteiger partial charge is 0.387 e. The summed E-state index contributed by atoms with van der Waals surface area (Å²) in [5.74, 6) is -0.240. The average molecular weight is 450 g/mol. The summed E-state index contributed by atoms with van der Waals surface area (Å²) < 4.78 is 0. The van der Waals surface area contributed by atoms with Gasteiger partial charge in [0.15, 0.2) is 5.13 Å². The van der Waals surface area contributed by atoms with Crippen LogP contribution in [0.4, 0.5) is 10.8 Å². The summed E-state index contributed by atoms with van der Waals surface area (Å²) >= 11 is 1.48. The third-order valence-electron chi connectivity index (χ3n) is 6.44. The zero-order valence-corrected chi connectivity index (χ0v) is 18.5. The number of hydrogen-bond acceptors (Lipinski definition) is 7. The third-order valence-corrected chi connectivity index (χ3v) is 7.40. The van der Waals surface area contributed by atoms with Crippen LogP contribution in [0.5, 0.6) is 0 Å². The maximum Gasteiger partial charge on any atom is 0.233 e. The average Bonchev–Trinajstić information content (AvgIpc) is 3.51. The molecule has 4 atom stereocenters. The number of aliphatic hydroxyl groups excluding tert-OH is 1. The van der Waals surface area contributed by atoms with Gasteiger partial charge in [-0.1, -0.05) is 18.2 Å². The molecular weight excluding hydrogens is 422 g/mol. The van der Waals surface area contributed by atoms with Crippen molar-refractivity contribution in [2.24, 2.45) is 0 Å². The van der Waals surface area contributed by atoms with Gasteiger partial charge in [-0.05, 0) is 55.9 Å². The van der Waals surface area contributed by atoms with Crippen LogP contribution in [0.15, 0.2) is 48.8 Å². The summed E-state index contributed by atoms with van der Waals surface area (Å²) in [5, 5.41) is 17.8. The number of aliphatic hydroxyl groups is 1. The van der Waals surface area contributed by atoms with Gasteiger partial charge >= 0.3 is 0 Å². The fourth-order valence-electron chi connectivity index (χ4n) is 4.78. The molecule has 1 saturated heterocycles. The van der Waals surface area contributed by atoms with Crippen molar-refractivity contribution in [2.45, 2.75) is 56.2 Å². The van der Waals surface area contributed by atoms with E-state index in [0.29, 0.717) is 11.2 Å². The highest BCUT2D eigenvalue weighted by atomic mass is 32.1. The number of benzene rings is 1. The van der Waals surface area contributed by atoms with E-state index in [9.17, 15) is 9.90 Å². The van der Waals surface area contributed by atoms with Gasteiger partial charge in [-0.25, -0.2) is 4.98 Å². The minimum absolute atomic E-state index is 0.0218. The number of nitrogens with zero attached hydrogens (tertiary/aromatic N) is 2. The SMILES string of the molecule is Nc1nc2c(s1)CC[C@H]2C(=O)Nc1ccc(C[C@@H]2CC[C@H]([C@H](O)c3cccnc3)N2)cc1. The smallest absolute Gasteiger partial charge is 0.233 e. The monoisotopic (exact) mass is 449 g/mol. The van der Waals surface area contributed by atoms with Gasteiger partial charge in [0.2, 0.25) is 5.91 Å². The zero-order chi connectivity index (χ0) is 22.1. The first-order valence-electron chi connectivity index (χ1n) is 11.1. The zero-order valence-electron chi connectivity index (χ0n) is 17.7. The van der Waals surface area contributed by atoms with Gasteiger partial charge in [0, 0.05) is 40.6 Å². The number of rotatable bonds is 6. The van der Waals surface area contributed by atoms with E-state index in [4.69, 9.17) is 5.73 Å². The molecule has 8 heteroatoms. The Morgan fingerprint density at radius 2 is 2.09 bits per heavy atom. The minimum Gasteiger partial charge on any atom is -0.387 e. The number of fused-ring (bicyclic) bond motifs is 1.